The SMILES string of the molecule is Cc1ccccc1N[C@H](C)C(=O)NN=Cc1ccccc1OCc1ccc(Br)cc1. The Bertz CT molecular complexity index is 1020. The number of hydrogen-bond donors (Lipinski definition) is 2. The third-order valence-corrected chi connectivity index (χ3v) is 5.04. The Morgan fingerprint density at radius 2 is 1.77 bits per heavy atom. The summed E-state index contributed by atoms with van der Waals surface area (Å²) in [5.41, 5.74) is 6.44. The second-order valence-corrected chi connectivity index (χ2v) is 7.78. The molecule has 0 bridgehead atoms. The van der Waals surface area contributed by atoms with Crippen molar-refractivity contribution in [3.63, 3.8) is 0 Å². The van der Waals surface area contributed by atoms with Crippen molar-refractivity contribution in [2.45, 2.75) is 26.5 Å². The van der Waals surface area contributed by atoms with Crippen LogP contribution < -0.4 is 15.5 Å². The van der Waals surface area contributed by atoms with Gasteiger partial charge in [-0.05, 0) is 55.3 Å². The molecule has 0 saturated heterocycles. The van der Waals surface area contributed by atoms with Gasteiger partial charge in [0.1, 0.15) is 18.4 Å². The lowest BCUT2D eigenvalue weighted by molar-refractivity contribution is -0.121. The fourth-order valence-corrected chi connectivity index (χ4v) is 3.02. The van der Waals surface area contributed by atoms with E-state index in [9.17, 15) is 4.79 Å². The molecule has 1 atom stereocenters. The fourth-order valence-electron chi connectivity index (χ4n) is 2.76. The van der Waals surface area contributed by atoms with Crippen LogP contribution in [0.1, 0.15) is 23.6 Å². The van der Waals surface area contributed by atoms with Crippen LogP contribution in [0.3, 0.4) is 0 Å². The first kappa shape index (κ1) is 21.6. The molecule has 0 aromatic heterocycles. The predicted molar refractivity (Wildman–Crippen MR) is 125 cm³/mol. The molecule has 1 amide bonds. The Hall–Kier alpha value is -3.12. The van der Waals surface area contributed by atoms with Gasteiger partial charge in [0.2, 0.25) is 0 Å². The molecule has 0 radical (unpaired) electrons. The molecule has 30 heavy (non-hydrogen) atoms. The fraction of sp³-hybridized carbons (Fsp3) is 0.167. The number of rotatable bonds is 8. The summed E-state index contributed by atoms with van der Waals surface area (Å²) in [4.78, 5) is 12.3. The van der Waals surface area contributed by atoms with Gasteiger partial charge in [-0.3, -0.25) is 4.79 Å². The molecular formula is C24H24BrN3O2. The van der Waals surface area contributed by atoms with Gasteiger partial charge in [0.15, 0.2) is 0 Å². The number of amides is 1. The minimum atomic E-state index is -0.424. The summed E-state index contributed by atoms with van der Waals surface area (Å²) in [6.07, 6.45) is 1.59. The number of para-hydroxylation sites is 2. The van der Waals surface area contributed by atoms with Gasteiger partial charge in [-0.25, -0.2) is 5.43 Å². The number of benzene rings is 3. The highest BCUT2D eigenvalue weighted by atomic mass is 79.9. The second kappa shape index (κ2) is 10.6. The normalized spacial score (nSPS) is 11.8. The van der Waals surface area contributed by atoms with E-state index in [0.717, 1.165) is 26.9 Å². The number of carbonyl (C=O) groups is 1. The molecule has 3 aromatic carbocycles. The monoisotopic (exact) mass is 465 g/mol. The highest BCUT2D eigenvalue weighted by molar-refractivity contribution is 9.10. The van der Waals surface area contributed by atoms with Crippen LogP contribution in [0.5, 0.6) is 5.75 Å². The highest BCUT2D eigenvalue weighted by Crippen LogP contribution is 2.19. The first-order valence-electron chi connectivity index (χ1n) is 9.64. The average molecular weight is 466 g/mol. The maximum atomic E-state index is 12.3. The maximum absolute atomic E-state index is 12.3. The minimum absolute atomic E-state index is 0.220. The van der Waals surface area contributed by atoms with Crippen molar-refractivity contribution in [1.29, 1.82) is 0 Å². The molecule has 0 heterocycles. The number of nitrogens with one attached hydrogen (secondary N) is 2. The summed E-state index contributed by atoms with van der Waals surface area (Å²) in [5, 5.41) is 7.30. The van der Waals surface area contributed by atoms with Crippen LogP contribution in [0.2, 0.25) is 0 Å². The number of hydrazone groups is 1. The van der Waals surface area contributed by atoms with E-state index in [1.165, 1.54) is 0 Å². The van der Waals surface area contributed by atoms with Gasteiger partial charge in [0.25, 0.3) is 5.91 Å². The molecule has 2 N–H and O–H groups in total. The predicted octanol–water partition coefficient (Wildman–Crippen LogP) is 5.29. The molecule has 0 aliphatic carbocycles. The number of carbonyl (C=O) groups excluding carboxylic acids is 1. The van der Waals surface area contributed by atoms with Gasteiger partial charge in [-0.2, -0.15) is 5.10 Å². The molecule has 0 aliphatic rings. The Labute approximate surface area is 185 Å². The molecule has 3 rings (SSSR count). The number of halogens is 1. The van der Waals surface area contributed by atoms with E-state index in [2.05, 4.69) is 31.8 Å². The van der Waals surface area contributed by atoms with E-state index in [0.29, 0.717) is 12.4 Å². The third-order valence-electron chi connectivity index (χ3n) is 4.52. The highest BCUT2D eigenvalue weighted by Gasteiger charge is 2.12. The molecule has 0 spiro atoms. The van der Waals surface area contributed by atoms with E-state index in [-0.39, 0.29) is 5.91 Å². The van der Waals surface area contributed by atoms with E-state index in [1.807, 2.05) is 79.7 Å². The largest absolute Gasteiger partial charge is 0.488 e. The van der Waals surface area contributed by atoms with Crippen LogP contribution >= 0.6 is 15.9 Å². The van der Waals surface area contributed by atoms with Crippen molar-refractivity contribution < 1.29 is 9.53 Å². The van der Waals surface area contributed by atoms with Crippen LogP contribution in [-0.4, -0.2) is 18.2 Å². The van der Waals surface area contributed by atoms with E-state index in [1.54, 1.807) is 13.1 Å². The minimum Gasteiger partial charge on any atom is -0.488 e. The lowest BCUT2D eigenvalue weighted by atomic mass is 10.2. The third kappa shape index (κ3) is 6.19. The smallest absolute Gasteiger partial charge is 0.262 e. The maximum Gasteiger partial charge on any atom is 0.262 e. The number of hydrogen-bond acceptors (Lipinski definition) is 4. The Balaban J connectivity index is 1.57. The van der Waals surface area contributed by atoms with Gasteiger partial charge < -0.3 is 10.1 Å². The van der Waals surface area contributed by atoms with E-state index in [4.69, 9.17) is 4.74 Å². The average Bonchev–Trinajstić information content (AvgIpc) is 2.75. The number of ether oxygens (including phenoxy) is 1. The zero-order chi connectivity index (χ0) is 21.3. The molecular weight excluding hydrogens is 442 g/mol. The number of aryl methyl sites for hydroxylation is 1. The first-order chi connectivity index (χ1) is 14.5. The summed E-state index contributed by atoms with van der Waals surface area (Å²) in [7, 11) is 0. The number of nitrogens with zero attached hydrogens (tertiary/aromatic N) is 1. The van der Waals surface area contributed by atoms with Crippen LogP contribution in [-0.2, 0) is 11.4 Å². The zero-order valence-electron chi connectivity index (χ0n) is 16.9. The lowest BCUT2D eigenvalue weighted by Crippen LogP contribution is -2.35. The first-order valence-corrected chi connectivity index (χ1v) is 10.4. The van der Waals surface area contributed by atoms with Crippen molar-refractivity contribution in [1.82, 2.24) is 5.43 Å². The van der Waals surface area contributed by atoms with Crippen molar-refractivity contribution in [2.24, 2.45) is 5.10 Å². The van der Waals surface area contributed by atoms with Crippen molar-refractivity contribution in [2.75, 3.05) is 5.32 Å². The molecule has 6 heteroatoms. The number of anilines is 1. The van der Waals surface area contributed by atoms with Gasteiger partial charge in [0, 0.05) is 15.7 Å². The van der Waals surface area contributed by atoms with Gasteiger partial charge >= 0.3 is 0 Å². The van der Waals surface area contributed by atoms with Crippen LogP contribution in [0.25, 0.3) is 0 Å². The zero-order valence-corrected chi connectivity index (χ0v) is 18.5. The van der Waals surface area contributed by atoms with E-state index < -0.39 is 6.04 Å². The van der Waals surface area contributed by atoms with Crippen LogP contribution in [0, 0.1) is 6.92 Å². The van der Waals surface area contributed by atoms with Gasteiger partial charge in [-0.1, -0.05) is 58.4 Å². The summed E-state index contributed by atoms with van der Waals surface area (Å²) < 4.78 is 6.96. The molecule has 0 unspecified atom stereocenters. The Morgan fingerprint density at radius 3 is 2.53 bits per heavy atom. The molecule has 3 aromatic rings. The molecule has 0 aliphatic heterocycles. The van der Waals surface area contributed by atoms with Gasteiger partial charge in [-0.15, -0.1) is 0 Å². The van der Waals surface area contributed by atoms with Crippen molar-refractivity contribution in [3.05, 3.63) is 94.0 Å². The summed E-state index contributed by atoms with van der Waals surface area (Å²) in [6.45, 7) is 4.24. The molecule has 0 saturated carbocycles. The van der Waals surface area contributed by atoms with Crippen LogP contribution in [0.15, 0.2) is 82.4 Å². The van der Waals surface area contributed by atoms with Crippen LogP contribution in [0.4, 0.5) is 5.69 Å². The molecule has 154 valence electrons. The topological polar surface area (TPSA) is 62.7 Å². The van der Waals surface area contributed by atoms with Crippen molar-refractivity contribution >= 4 is 33.7 Å². The lowest BCUT2D eigenvalue weighted by Gasteiger charge is -2.15. The van der Waals surface area contributed by atoms with E-state index >= 15 is 0 Å². The molecule has 5 nitrogen and oxygen atoms in total. The van der Waals surface area contributed by atoms with Gasteiger partial charge in [0.05, 0.1) is 6.21 Å². The Kier molecular flexibility index (Phi) is 7.63. The summed E-state index contributed by atoms with van der Waals surface area (Å²) in [6, 6.07) is 23.0. The second-order valence-electron chi connectivity index (χ2n) is 6.87. The quantitative estimate of drug-likeness (QED) is 0.351. The summed E-state index contributed by atoms with van der Waals surface area (Å²) >= 11 is 3.43. The standard InChI is InChI=1S/C24H24BrN3O2/c1-17-7-3-5-9-22(17)27-18(2)24(29)28-26-15-20-8-4-6-10-23(20)30-16-19-11-13-21(25)14-12-19/h3-15,18,27H,16H2,1-2H3,(H,28,29)/t18-/m1/s1. The Morgan fingerprint density at radius 1 is 1.07 bits per heavy atom. The molecule has 0 fully saturated rings. The van der Waals surface area contributed by atoms with Crippen molar-refractivity contribution in [3.8, 4) is 5.75 Å². The summed E-state index contributed by atoms with van der Waals surface area (Å²) in [5.74, 6) is 0.479.